The van der Waals surface area contributed by atoms with Crippen LogP contribution in [0.3, 0.4) is 0 Å². The number of benzene rings is 1. The van der Waals surface area contributed by atoms with Crippen molar-refractivity contribution in [3.8, 4) is 5.75 Å². The topological polar surface area (TPSA) is 41.6 Å². The molecule has 4 nitrogen and oxygen atoms in total. The van der Waals surface area contributed by atoms with Crippen molar-refractivity contribution in [2.45, 2.75) is 13.0 Å². The van der Waals surface area contributed by atoms with Crippen LogP contribution in [0.5, 0.6) is 5.75 Å². The summed E-state index contributed by atoms with van der Waals surface area (Å²) in [6, 6.07) is 7.83. The van der Waals surface area contributed by atoms with Crippen molar-refractivity contribution in [3.63, 3.8) is 0 Å². The first-order valence-electron chi connectivity index (χ1n) is 6.96. The van der Waals surface area contributed by atoms with Gasteiger partial charge in [0, 0.05) is 20.0 Å². The summed E-state index contributed by atoms with van der Waals surface area (Å²) in [4.78, 5) is 13.8. The number of hydrogen-bond acceptors (Lipinski definition) is 3. The Morgan fingerprint density at radius 1 is 1.45 bits per heavy atom. The van der Waals surface area contributed by atoms with E-state index < -0.39 is 0 Å². The molecule has 0 spiro atoms. The Morgan fingerprint density at radius 2 is 2.15 bits per heavy atom. The Bertz CT molecular complexity index is 452. The summed E-state index contributed by atoms with van der Waals surface area (Å²) in [7, 11) is 1.86. The van der Waals surface area contributed by atoms with Crippen molar-refractivity contribution in [2.24, 2.45) is 5.92 Å². The maximum Gasteiger partial charge on any atom is 0.222 e. The van der Waals surface area contributed by atoms with Crippen molar-refractivity contribution in [1.29, 1.82) is 0 Å². The van der Waals surface area contributed by atoms with E-state index in [1.165, 1.54) is 0 Å². The molecular formula is C16H22N2O2. The van der Waals surface area contributed by atoms with Gasteiger partial charge in [0.05, 0.1) is 0 Å². The van der Waals surface area contributed by atoms with Crippen molar-refractivity contribution >= 4 is 5.91 Å². The maximum absolute atomic E-state index is 12.0. The lowest BCUT2D eigenvalue weighted by Gasteiger charge is -2.28. The zero-order valence-corrected chi connectivity index (χ0v) is 12.0. The smallest absolute Gasteiger partial charge is 0.222 e. The first-order valence-corrected chi connectivity index (χ1v) is 6.96. The molecule has 4 heteroatoms. The van der Waals surface area contributed by atoms with Crippen LogP contribution in [0.25, 0.3) is 0 Å². The van der Waals surface area contributed by atoms with E-state index in [9.17, 15) is 4.79 Å². The van der Waals surface area contributed by atoms with Gasteiger partial charge in [-0.05, 0) is 36.7 Å². The molecule has 0 unspecified atom stereocenters. The standard InChI is InChI=1S/C16H22N2O2/c1-3-8-20-15-6-4-13(5-7-15)12-18(2)16(19)9-14-10-17-11-14/h3-7,14,17H,1,8-12H2,2H3. The monoisotopic (exact) mass is 274 g/mol. The highest BCUT2D eigenvalue weighted by molar-refractivity contribution is 5.76. The number of nitrogens with zero attached hydrogens (tertiary/aromatic N) is 1. The van der Waals surface area contributed by atoms with E-state index in [1.807, 2.05) is 31.3 Å². The van der Waals surface area contributed by atoms with E-state index in [0.717, 1.165) is 24.4 Å². The average molecular weight is 274 g/mol. The van der Waals surface area contributed by atoms with E-state index in [2.05, 4.69) is 11.9 Å². The number of nitrogens with one attached hydrogen (secondary N) is 1. The lowest BCUT2D eigenvalue weighted by Crippen LogP contribution is -2.44. The summed E-state index contributed by atoms with van der Waals surface area (Å²) in [5, 5.41) is 3.19. The Hall–Kier alpha value is -1.81. The third-order valence-electron chi connectivity index (χ3n) is 3.47. The molecule has 1 aliphatic heterocycles. The van der Waals surface area contributed by atoms with Crippen LogP contribution >= 0.6 is 0 Å². The third-order valence-corrected chi connectivity index (χ3v) is 3.47. The molecule has 1 amide bonds. The Kier molecular flexibility index (Phi) is 5.18. The lowest BCUT2D eigenvalue weighted by molar-refractivity contribution is -0.131. The van der Waals surface area contributed by atoms with Crippen LogP contribution in [-0.4, -0.2) is 37.6 Å². The second kappa shape index (κ2) is 7.10. The van der Waals surface area contributed by atoms with Gasteiger partial charge in [0.15, 0.2) is 0 Å². The normalized spacial score (nSPS) is 14.4. The second-order valence-electron chi connectivity index (χ2n) is 5.22. The molecule has 0 radical (unpaired) electrons. The highest BCUT2D eigenvalue weighted by Gasteiger charge is 2.21. The fourth-order valence-corrected chi connectivity index (χ4v) is 2.10. The Balaban J connectivity index is 1.81. The minimum absolute atomic E-state index is 0.212. The fourth-order valence-electron chi connectivity index (χ4n) is 2.10. The van der Waals surface area contributed by atoms with E-state index in [-0.39, 0.29) is 5.91 Å². The molecule has 1 N–H and O–H groups in total. The largest absolute Gasteiger partial charge is 0.490 e. The molecule has 1 aromatic rings. The minimum Gasteiger partial charge on any atom is -0.490 e. The number of carbonyl (C=O) groups excluding carboxylic acids is 1. The predicted molar refractivity (Wildman–Crippen MR) is 79.6 cm³/mol. The SMILES string of the molecule is C=CCOc1ccc(CN(C)C(=O)CC2CNC2)cc1. The van der Waals surface area contributed by atoms with Gasteiger partial charge in [0.1, 0.15) is 12.4 Å². The molecule has 1 fully saturated rings. The van der Waals surface area contributed by atoms with Crippen LogP contribution in [-0.2, 0) is 11.3 Å². The number of rotatable bonds is 7. The van der Waals surface area contributed by atoms with Gasteiger partial charge in [-0.3, -0.25) is 4.79 Å². The summed E-state index contributed by atoms with van der Waals surface area (Å²) in [5.41, 5.74) is 1.11. The van der Waals surface area contributed by atoms with Crippen molar-refractivity contribution in [2.75, 3.05) is 26.7 Å². The van der Waals surface area contributed by atoms with Gasteiger partial charge in [-0.1, -0.05) is 24.8 Å². The van der Waals surface area contributed by atoms with Crippen molar-refractivity contribution < 1.29 is 9.53 Å². The molecule has 1 heterocycles. The number of hydrogen-bond donors (Lipinski definition) is 1. The van der Waals surface area contributed by atoms with Gasteiger partial charge in [-0.2, -0.15) is 0 Å². The zero-order chi connectivity index (χ0) is 14.4. The van der Waals surface area contributed by atoms with E-state index in [4.69, 9.17) is 4.74 Å². The first kappa shape index (κ1) is 14.6. The summed E-state index contributed by atoms with van der Waals surface area (Å²) in [5.74, 6) is 1.55. The fraction of sp³-hybridized carbons (Fsp3) is 0.438. The molecule has 0 bridgehead atoms. The molecule has 0 atom stereocenters. The second-order valence-corrected chi connectivity index (χ2v) is 5.22. The van der Waals surface area contributed by atoms with Gasteiger partial charge in [0.2, 0.25) is 5.91 Å². The highest BCUT2D eigenvalue weighted by atomic mass is 16.5. The first-order chi connectivity index (χ1) is 9.69. The molecule has 1 aliphatic rings. The molecule has 0 aromatic heterocycles. The van der Waals surface area contributed by atoms with Crippen LogP contribution in [0, 0.1) is 5.92 Å². The van der Waals surface area contributed by atoms with Crippen LogP contribution < -0.4 is 10.1 Å². The Morgan fingerprint density at radius 3 is 2.70 bits per heavy atom. The highest BCUT2D eigenvalue weighted by Crippen LogP contribution is 2.15. The Labute approximate surface area is 120 Å². The van der Waals surface area contributed by atoms with Crippen LogP contribution in [0.4, 0.5) is 0 Å². The number of carbonyl (C=O) groups is 1. The summed E-state index contributed by atoms with van der Waals surface area (Å²) in [6.45, 7) is 6.69. The van der Waals surface area contributed by atoms with Crippen LogP contribution in [0.15, 0.2) is 36.9 Å². The van der Waals surface area contributed by atoms with Gasteiger partial charge in [-0.15, -0.1) is 0 Å². The average Bonchev–Trinajstić information content (AvgIpc) is 2.41. The molecular weight excluding hydrogens is 252 g/mol. The molecule has 1 aromatic carbocycles. The zero-order valence-electron chi connectivity index (χ0n) is 12.0. The van der Waals surface area contributed by atoms with E-state index in [0.29, 0.717) is 25.5 Å². The van der Waals surface area contributed by atoms with Crippen LogP contribution in [0.2, 0.25) is 0 Å². The molecule has 0 saturated carbocycles. The van der Waals surface area contributed by atoms with Gasteiger partial charge in [-0.25, -0.2) is 0 Å². The quantitative estimate of drug-likeness (QED) is 0.771. The van der Waals surface area contributed by atoms with Crippen molar-refractivity contribution in [1.82, 2.24) is 10.2 Å². The third kappa shape index (κ3) is 4.10. The molecule has 0 aliphatic carbocycles. The number of ether oxygens (including phenoxy) is 1. The van der Waals surface area contributed by atoms with E-state index >= 15 is 0 Å². The van der Waals surface area contributed by atoms with Crippen LogP contribution in [0.1, 0.15) is 12.0 Å². The minimum atomic E-state index is 0.212. The summed E-state index contributed by atoms with van der Waals surface area (Å²) in [6.07, 6.45) is 2.36. The molecule has 2 rings (SSSR count). The lowest BCUT2D eigenvalue weighted by atomic mass is 9.99. The summed E-state index contributed by atoms with van der Waals surface area (Å²) >= 11 is 0. The van der Waals surface area contributed by atoms with E-state index in [1.54, 1.807) is 11.0 Å². The van der Waals surface area contributed by atoms with Gasteiger partial charge in [0.25, 0.3) is 0 Å². The van der Waals surface area contributed by atoms with Gasteiger partial charge >= 0.3 is 0 Å². The predicted octanol–water partition coefficient (Wildman–Crippen LogP) is 1.82. The summed E-state index contributed by atoms with van der Waals surface area (Å²) < 4.78 is 5.43. The van der Waals surface area contributed by atoms with Crippen molar-refractivity contribution in [3.05, 3.63) is 42.5 Å². The maximum atomic E-state index is 12.0. The number of amides is 1. The molecule has 20 heavy (non-hydrogen) atoms. The molecule has 1 saturated heterocycles. The molecule has 108 valence electrons. The van der Waals surface area contributed by atoms with Gasteiger partial charge < -0.3 is 15.0 Å².